The maximum atomic E-state index is 10.6. The van der Waals surface area contributed by atoms with Crippen LogP contribution in [0.15, 0.2) is 10.5 Å². The van der Waals surface area contributed by atoms with Crippen molar-refractivity contribution < 1.29 is 34.1 Å². The van der Waals surface area contributed by atoms with Crippen LogP contribution in [-0.4, -0.2) is 40.5 Å². The molecule has 3 N–H and O–H groups in total. The lowest BCUT2D eigenvalue weighted by molar-refractivity contribution is 0.0627. The molecule has 0 saturated carbocycles. The molecule has 1 rings (SSSR count). The largest absolute Gasteiger partial charge is 0.487 e. The zero-order valence-electron chi connectivity index (χ0n) is 7.47. The summed E-state index contributed by atoms with van der Waals surface area (Å²) >= 11 is 0. The maximum absolute atomic E-state index is 10.6. The Bertz CT molecular complexity index is 378. The zero-order chi connectivity index (χ0) is 11.4. The molecule has 7 heteroatoms. The average Bonchev–Trinajstić information content (AvgIpc) is 2.58. The molecule has 0 aliphatic rings. The minimum atomic E-state index is -1.43. The number of aliphatic hydroxyl groups is 1. The predicted octanol–water partition coefficient (Wildman–Crippen LogP) is 0.0471. The zero-order valence-corrected chi connectivity index (χ0v) is 7.47. The van der Waals surface area contributed by atoms with Gasteiger partial charge in [0.1, 0.15) is 6.61 Å². The van der Waals surface area contributed by atoms with E-state index in [1.165, 1.54) is 0 Å². The van der Waals surface area contributed by atoms with Gasteiger partial charge in [-0.1, -0.05) is 0 Å². The number of carbonyl (C=O) groups is 2. The number of hydrogen-bond donors (Lipinski definition) is 3. The summed E-state index contributed by atoms with van der Waals surface area (Å²) in [6.45, 7) is -0.453. The second-order valence-electron chi connectivity index (χ2n) is 2.49. The van der Waals surface area contributed by atoms with Crippen molar-refractivity contribution in [1.29, 1.82) is 0 Å². The summed E-state index contributed by atoms with van der Waals surface area (Å²) in [4.78, 5) is 21.1. The Hall–Kier alpha value is -2.02. The Morgan fingerprint density at radius 3 is 2.47 bits per heavy atom. The van der Waals surface area contributed by atoms with Gasteiger partial charge in [0.2, 0.25) is 5.76 Å². The van der Waals surface area contributed by atoms with E-state index in [1.807, 2.05) is 0 Å². The summed E-state index contributed by atoms with van der Waals surface area (Å²) < 4.78 is 9.32. The molecule has 0 amide bonds. The minimum absolute atomic E-state index is 0.140. The summed E-state index contributed by atoms with van der Waals surface area (Å²) in [7, 11) is 0. The first kappa shape index (κ1) is 11.1. The Labute approximate surface area is 83.5 Å². The van der Waals surface area contributed by atoms with E-state index in [4.69, 9.17) is 20.1 Å². The van der Waals surface area contributed by atoms with Gasteiger partial charge in [0, 0.05) is 6.07 Å². The molecule has 0 saturated heterocycles. The Morgan fingerprint density at radius 2 is 2.00 bits per heavy atom. The van der Waals surface area contributed by atoms with Crippen molar-refractivity contribution in [2.75, 3.05) is 13.2 Å². The van der Waals surface area contributed by atoms with Crippen LogP contribution in [0.2, 0.25) is 0 Å². The lowest BCUT2D eigenvalue weighted by Gasteiger charge is -1.99. The molecule has 0 aromatic carbocycles. The van der Waals surface area contributed by atoms with Crippen LogP contribution in [0.4, 0.5) is 0 Å². The molecule has 82 valence electrons. The predicted molar refractivity (Wildman–Crippen MR) is 45.2 cm³/mol. The molecule has 1 aromatic rings. The second kappa shape index (κ2) is 4.47. The summed E-state index contributed by atoms with van der Waals surface area (Å²) in [6, 6.07) is 0.946. The van der Waals surface area contributed by atoms with E-state index in [9.17, 15) is 9.59 Å². The Balaban J connectivity index is 3.00. The number of ether oxygens (including phenoxy) is 1. The monoisotopic (exact) mass is 216 g/mol. The van der Waals surface area contributed by atoms with Gasteiger partial charge in [-0.3, -0.25) is 0 Å². The summed E-state index contributed by atoms with van der Waals surface area (Å²) in [5.41, 5.74) is 0. The van der Waals surface area contributed by atoms with Crippen molar-refractivity contribution in [3.8, 4) is 5.75 Å². The molecule has 15 heavy (non-hydrogen) atoms. The fraction of sp³-hybridized carbons (Fsp3) is 0.250. The molecule has 0 unspecified atom stereocenters. The van der Waals surface area contributed by atoms with Crippen LogP contribution < -0.4 is 4.74 Å². The van der Waals surface area contributed by atoms with Crippen LogP contribution in [0.1, 0.15) is 21.1 Å². The highest BCUT2D eigenvalue weighted by Crippen LogP contribution is 2.23. The molecule has 7 nitrogen and oxygen atoms in total. The lowest BCUT2D eigenvalue weighted by atomic mass is 10.4. The van der Waals surface area contributed by atoms with E-state index in [0.717, 1.165) is 6.07 Å². The summed E-state index contributed by atoms with van der Waals surface area (Å²) in [6.07, 6.45) is 0. The van der Waals surface area contributed by atoms with Gasteiger partial charge in [-0.05, 0) is 0 Å². The third-order valence-corrected chi connectivity index (χ3v) is 1.45. The highest BCUT2D eigenvalue weighted by Gasteiger charge is 2.22. The standard InChI is InChI=1S/C8H8O7/c9-1-2-14-4-3-5(7(10)11)15-6(4)8(12)13/h3,9H,1-2H2,(H,10,11)(H,12,13). The van der Waals surface area contributed by atoms with Crippen molar-refractivity contribution >= 4 is 11.9 Å². The molecule has 1 aromatic heterocycles. The van der Waals surface area contributed by atoms with Crippen molar-refractivity contribution in [3.63, 3.8) is 0 Å². The van der Waals surface area contributed by atoms with E-state index in [-0.39, 0.29) is 19.0 Å². The lowest BCUT2D eigenvalue weighted by Crippen LogP contribution is -2.04. The molecule has 0 aliphatic carbocycles. The molecular weight excluding hydrogens is 208 g/mol. The topological polar surface area (TPSA) is 117 Å². The molecule has 0 atom stereocenters. The summed E-state index contributed by atoms with van der Waals surface area (Å²) in [5, 5.41) is 25.6. The SMILES string of the molecule is O=C(O)c1cc(OCCO)c(C(=O)O)o1. The fourth-order valence-electron chi connectivity index (χ4n) is 0.892. The number of aliphatic hydroxyl groups excluding tert-OH is 1. The van der Waals surface area contributed by atoms with Gasteiger partial charge in [0.05, 0.1) is 6.61 Å². The van der Waals surface area contributed by atoms with Gasteiger partial charge in [-0.25, -0.2) is 9.59 Å². The van der Waals surface area contributed by atoms with Gasteiger partial charge in [0.25, 0.3) is 5.76 Å². The number of hydrogen-bond acceptors (Lipinski definition) is 5. The number of furan rings is 1. The molecule has 0 aliphatic heterocycles. The van der Waals surface area contributed by atoms with E-state index < -0.39 is 23.5 Å². The van der Waals surface area contributed by atoms with Gasteiger partial charge in [0.15, 0.2) is 5.75 Å². The van der Waals surface area contributed by atoms with Gasteiger partial charge >= 0.3 is 11.9 Å². The van der Waals surface area contributed by atoms with Gasteiger partial charge < -0.3 is 24.5 Å². The third-order valence-electron chi connectivity index (χ3n) is 1.45. The first-order valence-corrected chi connectivity index (χ1v) is 3.90. The van der Waals surface area contributed by atoms with Crippen molar-refractivity contribution in [3.05, 3.63) is 17.6 Å². The van der Waals surface area contributed by atoms with Crippen LogP contribution >= 0.6 is 0 Å². The van der Waals surface area contributed by atoms with E-state index in [1.54, 1.807) is 0 Å². The Kier molecular flexibility index (Phi) is 3.29. The van der Waals surface area contributed by atoms with Crippen LogP contribution in [0.5, 0.6) is 5.75 Å². The maximum Gasteiger partial charge on any atom is 0.375 e. The fourth-order valence-corrected chi connectivity index (χ4v) is 0.892. The second-order valence-corrected chi connectivity index (χ2v) is 2.49. The van der Waals surface area contributed by atoms with Crippen molar-refractivity contribution in [1.82, 2.24) is 0 Å². The third kappa shape index (κ3) is 2.47. The highest BCUT2D eigenvalue weighted by atomic mass is 16.5. The normalized spacial score (nSPS) is 9.93. The molecule has 0 bridgehead atoms. The van der Waals surface area contributed by atoms with Crippen LogP contribution in [0.25, 0.3) is 0 Å². The quantitative estimate of drug-likeness (QED) is 0.636. The van der Waals surface area contributed by atoms with E-state index in [2.05, 4.69) is 4.42 Å². The van der Waals surface area contributed by atoms with Crippen LogP contribution in [-0.2, 0) is 0 Å². The van der Waals surface area contributed by atoms with Gasteiger partial charge in [-0.15, -0.1) is 0 Å². The summed E-state index contributed by atoms with van der Waals surface area (Å²) in [5.74, 6) is -4.16. The number of aromatic carboxylic acids is 2. The van der Waals surface area contributed by atoms with Crippen LogP contribution in [0.3, 0.4) is 0 Å². The highest BCUT2D eigenvalue weighted by molar-refractivity contribution is 5.91. The first-order chi connectivity index (χ1) is 7.06. The molecule has 0 spiro atoms. The van der Waals surface area contributed by atoms with E-state index in [0.29, 0.717) is 0 Å². The molecule has 0 fully saturated rings. The molecule has 1 heterocycles. The van der Waals surface area contributed by atoms with Crippen LogP contribution in [0, 0.1) is 0 Å². The molecular formula is C8H8O7. The smallest absolute Gasteiger partial charge is 0.375 e. The minimum Gasteiger partial charge on any atom is -0.487 e. The number of carboxylic acids is 2. The first-order valence-electron chi connectivity index (χ1n) is 3.90. The van der Waals surface area contributed by atoms with Crippen molar-refractivity contribution in [2.45, 2.75) is 0 Å². The number of carboxylic acid groups (broad SMARTS) is 2. The average molecular weight is 216 g/mol. The Morgan fingerprint density at radius 1 is 1.33 bits per heavy atom. The van der Waals surface area contributed by atoms with Crippen molar-refractivity contribution in [2.24, 2.45) is 0 Å². The number of rotatable bonds is 5. The molecule has 0 radical (unpaired) electrons. The van der Waals surface area contributed by atoms with E-state index >= 15 is 0 Å². The van der Waals surface area contributed by atoms with Gasteiger partial charge in [-0.2, -0.15) is 0 Å².